The van der Waals surface area contributed by atoms with Gasteiger partial charge < -0.3 is 14.9 Å². The summed E-state index contributed by atoms with van der Waals surface area (Å²) in [5.41, 5.74) is 0.433. The maximum Gasteiger partial charge on any atom is 0.332 e. The smallest absolute Gasteiger partial charge is 0.332 e. The molecule has 78 valence electrons. The lowest BCUT2D eigenvalue weighted by Gasteiger charge is -1.95. The third-order valence-electron chi connectivity index (χ3n) is 1.08. The Labute approximate surface area is 78.8 Å². The normalized spacial score (nSPS) is 10.8. The lowest BCUT2D eigenvalue weighted by atomic mass is 10.3. The second-order valence-electron chi connectivity index (χ2n) is 2.63. The molecule has 0 aliphatic heterocycles. The van der Waals surface area contributed by atoms with E-state index in [1.807, 2.05) is 0 Å². The van der Waals surface area contributed by atoms with Crippen molar-refractivity contribution >= 4 is 5.97 Å². The molecule has 4 nitrogen and oxygen atoms in total. The van der Waals surface area contributed by atoms with Crippen LogP contribution in [0.2, 0.25) is 0 Å². The SMILES string of the molecule is C=C(C)C(=O)OC.CC(O)CCO. The highest BCUT2D eigenvalue weighted by atomic mass is 16.5. The molecule has 0 heterocycles. The van der Waals surface area contributed by atoms with Gasteiger partial charge in [-0.1, -0.05) is 6.58 Å². The first kappa shape index (κ1) is 14.6. The molecule has 0 spiro atoms. The maximum absolute atomic E-state index is 10.2. The van der Waals surface area contributed by atoms with E-state index in [9.17, 15) is 4.79 Å². The summed E-state index contributed by atoms with van der Waals surface area (Å²) in [6.45, 7) is 6.68. The lowest BCUT2D eigenvalue weighted by molar-refractivity contribution is -0.136. The minimum Gasteiger partial charge on any atom is -0.466 e. The summed E-state index contributed by atoms with van der Waals surface area (Å²) in [6.07, 6.45) is 0.134. The maximum atomic E-state index is 10.2. The van der Waals surface area contributed by atoms with Gasteiger partial charge in [0.15, 0.2) is 0 Å². The zero-order valence-corrected chi connectivity index (χ0v) is 8.41. The molecule has 0 saturated heterocycles. The molecule has 0 aromatic heterocycles. The molecule has 4 heteroatoms. The van der Waals surface area contributed by atoms with Crippen molar-refractivity contribution in [3.05, 3.63) is 12.2 Å². The van der Waals surface area contributed by atoms with Crippen LogP contribution in [0.1, 0.15) is 20.3 Å². The van der Waals surface area contributed by atoms with Crippen LogP contribution in [0.3, 0.4) is 0 Å². The van der Waals surface area contributed by atoms with Gasteiger partial charge in [0.25, 0.3) is 0 Å². The fraction of sp³-hybridized carbons (Fsp3) is 0.667. The number of hydrogen-bond acceptors (Lipinski definition) is 4. The largest absolute Gasteiger partial charge is 0.466 e. The van der Waals surface area contributed by atoms with Gasteiger partial charge in [-0.25, -0.2) is 4.79 Å². The van der Waals surface area contributed by atoms with Crippen molar-refractivity contribution < 1.29 is 19.7 Å². The third kappa shape index (κ3) is 14.0. The molecule has 0 rings (SSSR count). The van der Waals surface area contributed by atoms with E-state index < -0.39 is 0 Å². The first-order valence-corrected chi connectivity index (χ1v) is 3.98. The van der Waals surface area contributed by atoms with Crippen LogP contribution in [0.5, 0.6) is 0 Å². The predicted molar refractivity (Wildman–Crippen MR) is 50.2 cm³/mol. The van der Waals surface area contributed by atoms with Crippen LogP contribution in [-0.2, 0) is 9.53 Å². The molecule has 1 unspecified atom stereocenters. The van der Waals surface area contributed by atoms with Gasteiger partial charge >= 0.3 is 5.97 Å². The van der Waals surface area contributed by atoms with Gasteiger partial charge in [-0.15, -0.1) is 0 Å². The summed E-state index contributed by atoms with van der Waals surface area (Å²) in [5.74, 6) is -0.347. The van der Waals surface area contributed by atoms with Crippen LogP contribution in [0.4, 0.5) is 0 Å². The van der Waals surface area contributed by atoms with Crippen LogP contribution >= 0.6 is 0 Å². The van der Waals surface area contributed by atoms with Gasteiger partial charge in [-0.3, -0.25) is 0 Å². The molecule has 0 fully saturated rings. The average molecular weight is 190 g/mol. The Morgan fingerprint density at radius 1 is 1.62 bits per heavy atom. The van der Waals surface area contributed by atoms with Gasteiger partial charge in [0.1, 0.15) is 0 Å². The second-order valence-corrected chi connectivity index (χ2v) is 2.63. The molecule has 0 bridgehead atoms. The van der Waals surface area contributed by atoms with E-state index in [0.717, 1.165) is 0 Å². The quantitative estimate of drug-likeness (QED) is 0.502. The highest BCUT2D eigenvalue weighted by molar-refractivity contribution is 5.86. The van der Waals surface area contributed by atoms with Crippen molar-refractivity contribution in [2.75, 3.05) is 13.7 Å². The van der Waals surface area contributed by atoms with Crippen LogP contribution < -0.4 is 0 Å². The summed E-state index contributed by atoms with van der Waals surface area (Å²) in [6, 6.07) is 0. The Balaban J connectivity index is 0. The molecule has 2 N–H and O–H groups in total. The molecule has 13 heavy (non-hydrogen) atoms. The standard InChI is InChI=1S/C5H8O2.C4H10O2/c1-4(2)5(6)7-3;1-4(6)2-3-5/h1H2,2-3H3;4-6H,2-3H2,1H3. The number of rotatable bonds is 3. The van der Waals surface area contributed by atoms with Crippen LogP contribution in [0, 0.1) is 0 Å². The fourth-order valence-corrected chi connectivity index (χ4v) is 0.361. The van der Waals surface area contributed by atoms with Crippen molar-refractivity contribution in [2.45, 2.75) is 26.4 Å². The number of aliphatic hydroxyl groups is 2. The number of ether oxygens (including phenoxy) is 1. The highest BCUT2D eigenvalue weighted by Gasteiger charge is 1.95. The van der Waals surface area contributed by atoms with Crippen molar-refractivity contribution in [1.29, 1.82) is 0 Å². The summed E-state index contributed by atoms with van der Waals surface area (Å²) in [7, 11) is 1.33. The number of methoxy groups -OCH3 is 1. The molecule has 0 amide bonds. The number of esters is 1. The number of hydrogen-bond donors (Lipinski definition) is 2. The van der Waals surface area contributed by atoms with Crippen LogP contribution in [0.15, 0.2) is 12.2 Å². The number of aliphatic hydroxyl groups excluding tert-OH is 2. The Morgan fingerprint density at radius 3 is 2.08 bits per heavy atom. The van der Waals surface area contributed by atoms with Crippen molar-refractivity contribution in [2.24, 2.45) is 0 Å². The molecule has 0 aromatic rings. The lowest BCUT2D eigenvalue weighted by Crippen LogP contribution is -2.00. The summed E-state index contributed by atoms with van der Waals surface area (Å²) in [5, 5.41) is 16.5. The Kier molecular flexibility index (Phi) is 10.4. The van der Waals surface area contributed by atoms with E-state index in [4.69, 9.17) is 10.2 Å². The van der Waals surface area contributed by atoms with Crippen molar-refractivity contribution in [1.82, 2.24) is 0 Å². The van der Waals surface area contributed by atoms with E-state index in [2.05, 4.69) is 11.3 Å². The highest BCUT2D eigenvalue weighted by Crippen LogP contribution is 1.87. The van der Waals surface area contributed by atoms with E-state index in [-0.39, 0.29) is 18.7 Å². The second kappa shape index (κ2) is 9.22. The van der Waals surface area contributed by atoms with Crippen LogP contribution in [-0.4, -0.2) is 36.0 Å². The first-order valence-electron chi connectivity index (χ1n) is 3.98. The molecule has 0 radical (unpaired) electrons. The Hall–Kier alpha value is -0.870. The summed E-state index contributed by atoms with van der Waals surface area (Å²) < 4.78 is 4.27. The van der Waals surface area contributed by atoms with Crippen LogP contribution in [0.25, 0.3) is 0 Å². The minimum absolute atomic E-state index is 0.0810. The predicted octanol–water partition coefficient (Wildman–Crippen LogP) is 0.485. The minimum atomic E-state index is -0.352. The molecule has 0 aliphatic carbocycles. The first-order chi connectivity index (χ1) is 5.95. The van der Waals surface area contributed by atoms with E-state index in [1.165, 1.54) is 7.11 Å². The summed E-state index contributed by atoms with van der Waals surface area (Å²) >= 11 is 0. The monoisotopic (exact) mass is 190 g/mol. The van der Waals surface area contributed by atoms with E-state index in [1.54, 1.807) is 13.8 Å². The molecule has 0 aromatic carbocycles. The average Bonchev–Trinajstić information content (AvgIpc) is 2.03. The molecule has 1 atom stereocenters. The summed E-state index contributed by atoms with van der Waals surface area (Å²) in [4.78, 5) is 10.2. The number of carbonyl (C=O) groups is 1. The van der Waals surface area contributed by atoms with Gasteiger partial charge in [0.2, 0.25) is 0 Å². The molecular formula is C9H18O4. The van der Waals surface area contributed by atoms with Crippen molar-refractivity contribution in [3.8, 4) is 0 Å². The Bertz CT molecular complexity index is 152. The van der Waals surface area contributed by atoms with Gasteiger partial charge in [-0.05, 0) is 20.3 Å². The van der Waals surface area contributed by atoms with Gasteiger partial charge in [-0.2, -0.15) is 0 Å². The molecule has 0 aliphatic rings. The van der Waals surface area contributed by atoms with E-state index in [0.29, 0.717) is 12.0 Å². The molecule has 0 saturated carbocycles. The number of carbonyl (C=O) groups excluding carboxylic acids is 1. The molecular weight excluding hydrogens is 172 g/mol. The van der Waals surface area contributed by atoms with E-state index >= 15 is 0 Å². The third-order valence-corrected chi connectivity index (χ3v) is 1.08. The zero-order valence-electron chi connectivity index (χ0n) is 8.41. The topological polar surface area (TPSA) is 66.8 Å². The van der Waals surface area contributed by atoms with Crippen molar-refractivity contribution in [3.63, 3.8) is 0 Å². The Morgan fingerprint density at radius 2 is 2.08 bits per heavy atom. The zero-order chi connectivity index (χ0) is 10.9. The van der Waals surface area contributed by atoms with Gasteiger partial charge in [0, 0.05) is 12.2 Å². The van der Waals surface area contributed by atoms with Gasteiger partial charge in [0.05, 0.1) is 13.2 Å². The fourth-order valence-electron chi connectivity index (χ4n) is 0.361.